The fourth-order valence-corrected chi connectivity index (χ4v) is 2.67. The summed E-state index contributed by atoms with van der Waals surface area (Å²) in [7, 11) is 0. The van der Waals surface area contributed by atoms with Gasteiger partial charge in [-0.15, -0.1) is 0 Å². The summed E-state index contributed by atoms with van der Waals surface area (Å²) in [4.78, 5) is 22.1. The molecule has 0 heterocycles. The summed E-state index contributed by atoms with van der Waals surface area (Å²) in [5.74, 6) is -0.181. The minimum Gasteiger partial charge on any atom is -0.462 e. The first-order valence-electron chi connectivity index (χ1n) is 6.28. The van der Waals surface area contributed by atoms with Gasteiger partial charge in [-0.1, -0.05) is 25.5 Å². The summed E-state index contributed by atoms with van der Waals surface area (Å²) >= 11 is 0. The predicted octanol–water partition coefficient (Wildman–Crippen LogP) is 3.20. The van der Waals surface area contributed by atoms with Crippen LogP contribution in [-0.4, -0.2) is 17.9 Å². The second-order valence-corrected chi connectivity index (χ2v) is 5.66. The Morgan fingerprint density at radius 3 is 2.39 bits per heavy atom. The van der Waals surface area contributed by atoms with Crippen molar-refractivity contribution in [1.29, 1.82) is 0 Å². The molecule has 0 unspecified atom stereocenters. The quantitative estimate of drug-likeness (QED) is 0.570. The van der Waals surface area contributed by atoms with Crippen LogP contribution < -0.4 is 0 Å². The maximum absolute atomic E-state index is 11.0. The predicted molar refractivity (Wildman–Crippen MR) is 71.1 cm³/mol. The zero-order chi connectivity index (χ0) is 13.9. The second kappa shape index (κ2) is 5.51. The Morgan fingerprint density at radius 1 is 1.33 bits per heavy atom. The summed E-state index contributed by atoms with van der Waals surface area (Å²) in [5.41, 5.74) is 2.30. The standard InChI is InChI=1S/C15H22O3/c1-10-8-13(18-12(3)17)9-15(4,5)14(10)7-6-11(2)16/h6-7,13H,8-9H2,1-5H3/b7-6+/t13-/m1/s1. The van der Waals surface area contributed by atoms with Crippen molar-refractivity contribution in [1.82, 2.24) is 0 Å². The molecule has 0 bridgehead atoms. The molecule has 1 aliphatic carbocycles. The lowest BCUT2D eigenvalue weighted by Gasteiger charge is -2.37. The highest BCUT2D eigenvalue weighted by atomic mass is 16.5. The third-order valence-electron chi connectivity index (χ3n) is 3.28. The zero-order valence-corrected chi connectivity index (χ0v) is 11.9. The first-order chi connectivity index (χ1) is 8.22. The SMILES string of the molecule is CC(=O)/C=C/C1=C(C)C[C@@H](OC(C)=O)CC1(C)C. The van der Waals surface area contributed by atoms with E-state index in [4.69, 9.17) is 4.74 Å². The topological polar surface area (TPSA) is 43.4 Å². The summed E-state index contributed by atoms with van der Waals surface area (Å²) in [5, 5.41) is 0. The van der Waals surface area contributed by atoms with Gasteiger partial charge in [-0.25, -0.2) is 0 Å². The molecule has 100 valence electrons. The van der Waals surface area contributed by atoms with Crippen LogP contribution >= 0.6 is 0 Å². The molecule has 0 radical (unpaired) electrons. The van der Waals surface area contributed by atoms with Crippen molar-refractivity contribution in [2.75, 3.05) is 0 Å². The van der Waals surface area contributed by atoms with Crippen molar-refractivity contribution in [2.24, 2.45) is 5.41 Å². The number of hydrogen-bond donors (Lipinski definition) is 0. The number of ketones is 1. The van der Waals surface area contributed by atoms with Gasteiger partial charge < -0.3 is 4.74 Å². The van der Waals surface area contributed by atoms with E-state index in [2.05, 4.69) is 13.8 Å². The lowest BCUT2D eigenvalue weighted by molar-refractivity contribution is -0.147. The van der Waals surface area contributed by atoms with E-state index in [0.717, 1.165) is 12.8 Å². The molecule has 0 saturated carbocycles. The fourth-order valence-electron chi connectivity index (χ4n) is 2.67. The van der Waals surface area contributed by atoms with Crippen LogP contribution in [0.4, 0.5) is 0 Å². The van der Waals surface area contributed by atoms with Gasteiger partial charge in [0.1, 0.15) is 6.10 Å². The normalized spacial score (nSPS) is 23.3. The number of allylic oxidation sites excluding steroid dienone is 3. The summed E-state index contributed by atoms with van der Waals surface area (Å²) in [6.07, 6.45) is 5.00. The van der Waals surface area contributed by atoms with Gasteiger partial charge in [0.2, 0.25) is 0 Å². The third kappa shape index (κ3) is 3.83. The average molecular weight is 250 g/mol. The monoisotopic (exact) mass is 250 g/mol. The van der Waals surface area contributed by atoms with Crippen molar-refractivity contribution < 1.29 is 14.3 Å². The molecular weight excluding hydrogens is 228 g/mol. The van der Waals surface area contributed by atoms with E-state index in [9.17, 15) is 9.59 Å². The molecule has 1 aliphatic rings. The molecule has 0 aromatic rings. The van der Waals surface area contributed by atoms with Gasteiger partial charge in [-0.3, -0.25) is 9.59 Å². The maximum atomic E-state index is 11.0. The Labute approximate surface area is 109 Å². The fraction of sp³-hybridized carbons (Fsp3) is 0.600. The third-order valence-corrected chi connectivity index (χ3v) is 3.28. The summed E-state index contributed by atoms with van der Waals surface area (Å²) in [6, 6.07) is 0. The van der Waals surface area contributed by atoms with E-state index in [0.29, 0.717) is 0 Å². The van der Waals surface area contributed by atoms with Crippen molar-refractivity contribution >= 4 is 11.8 Å². The van der Waals surface area contributed by atoms with Gasteiger partial charge in [0.15, 0.2) is 5.78 Å². The minimum absolute atomic E-state index is 0.0491. The van der Waals surface area contributed by atoms with Gasteiger partial charge in [0, 0.05) is 13.3 Å². The van der Waals surface area contributed by atoms with Crippen molar-refractivity contribution in [3.05, 3.63) is 23.3 Å². The first-order valence-corrected chi connectivity index (χ1v) is 6.28. The van der Waals surface area contributed by atoms with Gasteiger partial charge in [-0.2, -0.15) is 0 Å². The van der Waals surface area contributed by atoms with E-state index < -0.39 is 0 Å². The Hall–Kier alpha value is -1.38. The maximum Gasteiger partial charge on any atom is 0.302 e. The van der Waals surface area contributed by atoms with Crippen LogP contribution in [0.3, 0.4) is 0 Å². The Morgan fingerprint density at radius 2 is 1.94 bits per heavy atom. The van der Waals surface area contributed by atoms with Crippen LogP contribution in [0, 0.1) is 5.41 Å². The van der Waals surface area contributed by atoms with Crippen LogP contribution in [0.5, 0.6) is 0 Å². The number of carbonyl (C=O) groups excluding carboxylic acids is 2. The number of rotatable bonds is 3. The lowest BCUT2D eigenvalue weighted by atomic mass is 9.71. The minimum atomic E-state index is -0.230. The summed E-state index contributed by atoms with van der Waals surface area (Å²) in [6.45, 7) is 9.26. The first kappa shape index (κ1) is 14.7. The van der Waals surface area contributed by atoms with Crippen LogP contribution in [0.25, 0.3) is 0 Å². The molecule has 0 aromatic heterocycles. The highest BCUT2D eigenvalue weighted by Crippen LogP contribution is 2.41. The molecule has 0 fully saturated rings. The molecule has 3 heteroatoms. The molecule has 3 nitrogen and oxygen atoms in total. The Balaban J connectivity index is 2.96. The molecule has 0 aromatic carbocycles. The number of ether oxygens (including phenoxy) is 1. The molecule has 1 atom stereocenters. The van der Waals surface area contributed by atoms with Gasteiger partial charge >= 0.3 is 5.97 Å². The smallest absolute Gasteiger partial charge is 0.302 e. The van der Waals surface area contributed by atoms with Gasteiger partial charge in [0.25, 0.3) is 0 Å². The highest BCUT2D eigenvalue weighted by Gasteiger charge is 2.33. The lowest BCUT2D eigenvalue weighted by Crippen LogP contribution is -2.31. The average Bonchev–Trinajstić information content (AvgIpc) is 2.12. The molecule has 0 aliphatic heterocycles. The van der Waals surface area contributed by atoms with E-state index >= 15 is 0 Å². The second-order valence-electron chi connectivity index (χ2n) is 5.66. The van der Waals surface area contributed by atoms with E-state index in [1.165, 1.54) is 18.1 Å². The Bertz CT molecular complexity index is 413. The zero-order valence-electron chi connectivity index (χ0n) is 11.9. The van der Waals surface area contributed by atoms with Gasteiger partial charge in [0.05, 0.1) is 0 Å². The molecule has 18 heavy (non-hydrogen) atoms. The number of esters is 1. The van der Waals surface area contributed by atoms with Crippen molar-refractivity contribution in [3.63, 3.8) is 0 Å². The largest absolute Gasteiger partial charge is 0.462 e. The summed E-state index contributed by atoms with van der Waals surface area (Å²) < 4.78 is 5.31. The van der Waals surface area contributed by atoms with E-state index in [-0.39, 0.29) is 23.3 Å². The molecule has 0 N–H and O–H groups in total. The van der Waals surface area contributed by atoms with Crippen molar-refractivity contribution in [2.45, 2.75) is 53.6 Å². The molecule has 0 saturated heterocycles. The van der Waals surface area contributed by atoms with Gasteiger partial charge in [-0.05, 0) is 37.3 Å². The number of carbonyl (C=O) groups is 2. The van der Waals surface area contributed by atoms with Crippen LogP contribution in [0.15, 0.2) is 23.3 Å². The number of hydrogen-bond acceptors (Lipinski definition) is 3. The molecule has 0 spiro atoms. The highest BCUT2D eigenvalue weighted by molar-refractivity contribution is 5.87. The van der Waals surface area contributed by atoms with E-state index in [1.54, 1.807) is 13.0 Å². The van der Waals surface area contributed by atoms with Crippen molar-refractivity contribution in [3.8, 4) is 0 Å². The van der Waals surface area contributed by atoms with Crippen LogP contribution in [0.2, 0.25) is 0 Å². The molecular formula is C15H22O3. The van der Waals surface area contributed by atoms with Crippen LogP contribution in [0.1, 0.15) is 47.5 Å². The Kier molecular flexibility index (Phi) is 4.49. The van der Waals surface area contributed by atoms with Crippen LogP contribution in [-0.2, 0) is 14.3 Å². The molecule has 1 rings (SSSR count). The molecule has 0 amide bonds. The van der Waals surface area contributed by atoms with E-state index in [1.807, 2.05) is 13.0 Å².